The summed E-state index contributed by atoms with van der Waals surface area (Å²) in [5.74, 6) is -1.08. The number of amides is 3. The second-order valence-corrected chi connectivity index (χ2v) is 8.62. The predicted octanol–water partition coefficient (Wildman–Crippen LogP) is 2.49. The number of aliphatic hydroxyl groups is 1. The Morgan fingerprint density at radius 2 is 1.66 bits per heavy atom. The third kappa shape index (κ3) is 4.90. The van der Waals surface area contributed by atoms with Crippen molar-refractivity contribution in [3.8, 4) is 16.9 Å². The van der Waals surface area contributed by atoms with Crippen molar-refractivity contribution in [2.24, 2.45) is 5.73 Å². The molecule has 2 heterocycles. The van der Waals surface area contributed by atoms with E-state index >= 15 is 0 Å². The minimum Gasteiger partial charge on any atom is -0.465 e. The lowest BCUT2D eigenvalue weighted by molar-refractivity contribution is -0.121. The molecule has 4 N–H and O–H groups in total. The Morgan fingerprint density at radius 3 is 2.26 bits per heavy atom. The summed E-state index contributed by atoms with van der Waals surface area (Å²) in [7, 11) is 0. The first-order valence-corrected chi connectivity index (χ1v) is 11.4. The van der Waals surface area contributed by atoms with Crippen molar-refractivity contribution in [2.45, 2.75) is 25.5 Å². The number of nitrogens with two attached hydrogens (primary N) is 1. The molecule has 1 fully saturated rings. The third-order valence-corrected chi connectivity index (χ3v) is 6.28. The maximum Gasteiger partial charge on any atom is 0.407 e. The molecule has 1 saturated heterocycles. The van der Waals surface area contributed by atoms with Gasteiger partial charge >= 0.3 is 6.09 Å². The lowest BCUT2D eigenvalue weighted by Gasteiger charge is -2.42. The Balaban J connectivity index is 1.80. The minimum atomic E-state index is -1.30. The number of benzene rings is 2. The van der Waals surface area contributed by atoms with Crippen LogP contribution in [-0.2, 0) is 4.79 Å². The second-order valence-electron chi connectivity index (χ2n) is 8.62. The van der Waals surface area contributed by atoms with Crippen LogP contribution >= 0.6 is 0 Å². The summed E-state index contributed by atoms with van der Waals surface area (Å²) >= 11 is 0. The summed E-state index contributed by atoms with van der Waals surface area (Å²) in [6, 6.07) is 20.1. The summed E-state index contributed by atoms with van der Waals surface area (Å²) in [5, 5.41) is 20.2. The molecule has 2 aromatic carbocycles. The average Bonchev–Trinajstić information content (AvgIpc) is 3.20. The van der Waals surface area contributed by atoms with E-state index in [2.05, 4.69) is 0 Å². The normalized spacial score (nSPS) is 16.7. The van der Waals surface area contributed by atoms with Gasteiger partial charge in [0.25, 0.3) is 5.91 Å². The fourth-order valence-corrected chi connectivity index (χ4v) is 4.65. The van der Waals surface area contributed by atoms with Crippen LogP contribution in [0.25, 0.3) is 16.9 Å². The highest BCUT2D eigenvalue weighted by atomic mass is 16.4. The van der Waals surface area contributed by atoms with Gasteiger partial charge < -0.3 is 30.3 Å². The first-order valence-electron chi connectivity index (χ1n) is 11.4. The number of aliphatic hydroxyl groups excluding tert-OH is 1. The number of aryl methyl sites for hydroxylation is 1. The standard InChI is InChI=1S/C26H28N4O5/c1-17-14-20(24(18-8-4-2-5-9-18)30(17)19-10-6-3-7-11-19)25(33)29-13-12-28(26(34)35)16-21(29)22(31)15-23(27)32/h2-11,14,21-22,31H,12-13,15-16H2,1H3,(H2,27,32)(H,34,35)/t21-,22?/m0/s1. The molecule has 1 unspecified atom stereocenters. The molecule has 0 spiro atoms. The number of nitrogens with zero attached hydrogens (tertiary/aromatic N) is 3. The zero-order chi connectivity index (χ0) is 25.1. The number of para-hydroxylation sites is 1. The largest absolute Gasteiger partial charge is 0.465 e. The van der Waals surface area contributed by atoms with Crippen LogP contribution in [0.3, 0.4) is 0 Å². The fraction of sp³-hybridized carbons (Fsp3) is 0.269. The van der Waals surface area contributed by atoms with Crippen molar-refractivity contribution >= 4 is 17.9 Å². The zero-order valence-electron chi connectivity index (χ0n) is 19.4. The van der Waals surface area contributed by atoms with Crippen LogP contribution in [0, 0.1) is 6.92 Å². The number of rotatable bonds is 6. The number of primary amides is 1. The molecule has 0 saturated carbocycles. The van der Waals surface area contributed by atoms with E-state index in [1.807, 2.05) is 72.2 Å². The summed E-state index contributed by atoms with van der Waals surface area (Å²) < 4.78 is 2.00. The third-order valence-electron chi connectivity index (χ3n) is 6.28. The van der Waals surface area contributed by atoms with Gasteiger partial charge in [0.15, 0.2) is 0 Å². The fourth-order valence-electron chi connectivity index (χ4n) is 4.65. The minimum absolute atomic E-state index is 0.0788. The highest BCUT2D eigenvalue weighted by molar-refractivity contribution is 6.01. The molecule has 0 bridgehead atoms. The van der Waals surface area contributed by atoms with Crippen LogP contribution in [0.4, 0.5) is 4.79 Å². The van der Waals surface area contributed by atoms with Crippen LogP contribution < -0.4 is 5.73 Å². The van der Waals surface area contributed by atoms with E-state index < -0.39 is 24.1 Å². The molecule has 9 heteroatoms. The number of carbonyl (C=O) groups excluding carboxylic acids is 2. The van der Waals surface area contributed by atoms with Crippen molar-refractivity contribution in [2.75, 3.05) is 19.6 Å². The Labute approximate surface area is 203 Å². The van der Waals surface area contributed by atoms with E-state index in [9.17, 15) is 24.6 Å². The summed E-state index contributed by atoms with van der Waals surface area (Å²) in [4.78, 5) is 39.7. The molecular weight excluding hydrogens is 448 g/mol. The second kappa shape index (κ2) is 10.0. The molecule has 182 valence electrons. The van der Waals surface area contributed by atoms with E-state index in [1.54, 1.807) is 6.07 Å². The molecule has 0 radical (unpaired) electrons. The van der Waals surface area contributed by atoms with Crippen molar-refractivity contribution in [3.63, 3.8) is 0 Å². The predicted molar refractivity (Wildman–Crippen MR) is 130 cm³/mol. The van der Waals surface area contributed by atoms with E-state index in [0.29, 0.717) is 11.3 Å². The van der Waals surface area contributed by atoms with Gasteiger partial charge in [0.05, 0.1) is 29.8 Å². The van der Waals surface area contributed by atoms with Crippen LogP contribution in [0.1, 0.15) is 22.5 Å². The molecular formula is C26H28N4O5. The first-order chi connectivity index (χ1) is 16.8. The molecule has 4 rings (SSSR count). The Bertz CT molecular complexity index is 1230. The summed E-state index contributed by atoms with van der Waals surface area (Å²) in [6.07, 6.45) is -2.82. The molecule has 1 aliphatic rings. The van der Waals surface area contributed by atoms with Gasteiger partial charge in [-0.1, -0.05) is 48.5 Å². The van der Waals surface area contributed by atoms with Gasteiger partial charge in [-0.05, 0) is 30.7 Å². The van der Waals surface area contributed by atoms with Crippen molar-refractivity contribution in [3.05, 3.63) is 78.0 Å². The number of carbonyl (C=O) groups is 3. The molecule has 9 nitrogen and oxygen atoms in total. The molecule has 3 aromatic rings. The Hall–Kier alpha value is -4.11. The van der Waals surface area contributed by atoms with Crippen molar-refractivity contribution in [1.29, 1.82) is 0 Å². The van der Waals surface area contributed by atoms with Gasteiger partial charge in [-0.25, -0.2) is 4.79 Å². The molecule has 2 atom stereocenters. The number of hydrogen-bond acceptors (Lipinski definition) is 4. The zero-order valence-corrected chi connectivity index (χ0v) is 19.4. The van der Waals surface area contributed by atoms with Crippen molar-refractivity contribution in [1.82, 2.24) is 14.4 Å². The van der Waals surface area contributed by atoms with Gasteiger partial charge in [0.1, 0.15) is 0 Å². The topological polar surface area (TPSA) is 129 Å². The maximum atomic E-state index is 14.0. The van der Waals surface area contributed by atoms with Crippen LogP contribution in [0.2, 0.25) is 0 Å². The van der Waals surface area contributed by atoms with E-state index in [0.717, 1.165) is 21.8 Å². The van der Waals surface area contributed by atoms with Gasteiger partial charge in [0.2, 0.25) is 5.91 Å². The highest BCUT2D eigenvalue weighted by Gasteiger charge is 2.39. The molecule has 3 amide bonds. The summed E-state index contributed by atoms with van der Waals surface area (Å²) in [5.41, 5.74) is 8.98. The number of aromatic nitrogens is 1. The maximum absolute atomic E-state index is 14.0. The van der Waals surface area contributed by atoms with E-state index in [4.69, 9.17) is 5.73 Å². The lowest BCUT2D eigenvalue weighted by Crippen LogP contribution is -2.60. The highest BCUT2D eigenvalue weighted by Crippen LogP contribution is 2.33. The lowest BCUT2D eigenvalue weighted by atomic mass is 10.00. The SMILES string of the molecule is Cc1cc(C(=O)N2CCN(C(=O)O)C[C@H]2C(O)CC(N)=O)c(-c2ccccc2)n1-c1ccccc1. The van der Waals surface area contributed by atoms with Gasteiger partial charge in [-0.2, -0.15) is 0 Å². The average molecular weight is 477 g/mol. The quantitative estimate of drug-likeness (QED) is 0.503. The molecule has 0 aliphatic carbocycles. The Kier molecular flexibility index (Phi) is 6.88. The number of hydrogen-bond donors (Lipinski definition) is 3. The van der Waals surface area contributed by atoms with E-state index in [1.165, 1.54) is 4.90 Å². The van der Waals surface area contributed by atoms with Crippen LogP contribution in [0.15, 0.2) is 66.7 Å². The van der Waals surface area contributed by atoms with Crippen molar-refractivity contribution < 1.29 is 24.6 Å². The van der Waals surface area contributed by atoms with Gasteiger partial charge in [-0.3, -0.25) is 9.59 Å². The molecule has 35 heavy (non-hydrogen) atoms. The monoisotopic (exact) mass is 476 g/mol. The number of piperazine rings is 1. The van der Waals surface area contributed by atoms with Crippen LogP contribution in [0.5, 0.6) is 0 Å². The van der Waals surface area contributed by atoms with Gasteiger partial charge in [-0.15, -0.1) is 0 Å². The molecule has 1 aromatic heterocycles. The Morgan fingerprint density at radius 1 is 1.03 bits per heavy atom. The summed E-state index contributed by atoms with van der Waals surface area (Å²) in [6.45, 7) is 1.97. The van der Waals surface area contributed by atoms with Gasteiger partial charge in [0, 0.05) is 31.0 Å². The number of carboxylic acid groups (broad SMARTS) is 1. The first kappa shape index (κ1) is 24.0. The molecule has 1 aliphatic heterocycles. The van der Waals surface area contributed by atoms with Crippen LogP contribution in [-0.4, -0.2) is 74.3 Å². The van der Waals surface area contributed by atoms with E-state index in [-0.39, 0.29) is 32.0 Å². The smallest absolute Gasteiger partial charge is 0.407 e.